The highest BCUT2D eigenvalue weighted by Gasteiger charge is 2.46. The van der Waals surface area contributed by atoms with Crippen LogP contribution in [-0.4, -0.2) is 48.3 Å². The van der Waals surface area contributed by atoms with E-state index in [4.69, 9.17) is 4.74 Å². The first kappa shape index (κ1) is 19.8. The van der Waals surface area contributed by atoms with Gasteiger partial charge in [-0.3, -0.25) is 24.1 Å². The number of nitrogens with zero attached hydrogens (tertiary/aromatic N) is 1. The van der Waals surface area contributed by atoms with Crippen LogP contribution in [0, 0.1) is 11.8 Å². The minimum absolute atomic E-state index is 0.000867. The summed E-state index contributed by atoms with van der Waals surface area (Å²) in [6, 6.07) is 9.73. The van der Waals surface area contributed by atoms with Crippen LogP contribution in [0.4, 0.5) is 0 Å². The molecule has 1 aromatic carbocycles. The minimum Gasteiger partial charge on any atom is -0.456 e. The fraction of sp³-hybridized carbons (Fsp3) is 0.429. The highest BCUT2D eigenvalue weighted by atomic mass is 16.5. The van der Waals surface area contributed by atoms with Gasteiger partial charge in [0, 0.05) is 13.1 Å². The van der Waals surface area contributed by atoms with Crippen LogP contribution in [-0.2, 0) is 30.3 Å². The molecular formula is C21H24N2O5. The van der Waals surface area contributed by atoms with E-state index in [2.05, 4.69) is 5.32 Å². The van der Waals surface area contributed by atoms with Crippen LogP contribution < -0.4 is 5.32 Å². The molecule has 2 atom stereocenters. The Labute approximate surface area is 163 Å². The van der Waals surface area contributed by atoms with Crippen LogP contribution in [0.3, 0.4) is 0 Å². The van der Waals surface area contributed by atoms with Crippen molar-refractivity contribution in [1.82, 2.24) is 10.2 Å². The molecule has 7 nitrogen and oxygen atoms in total. The van der Waals surface area contributed by atoms with E-state index >= 15 is 0 Å². The third-order valence-electron chi connectivity index (χ3n) is 5.08. The normalized spacial score (nSPS) is 20.8. The molecule has 0 aromatic heterocycles. The summed E-state index contributed by atoms with van der Waals surface area (Å²) in [5, 5.41) is 2.69. The molecule has 1 N–H and O–H groups in total. The molecule has 7 heteroatoms. The number of nitrogens with one attached hydrogen (secondary N) is 1. The van der Waals surface area contributed by atoms with Crippen molar-refractivity contribution < 1.29 is 23.9 Å². The lowest BCUT2D eigenvalue weighted by Gasteiger charge is -2.14. The molecule has 0 bridgehead atoms. The van der Waals surface area contributed by atoms with Gasteiger partial charge in [-0.2, -0.15) is 0 Å². The molecule has 3 amide bonds. The Bertz CT molecular complexity index is 748. The van der Waals surface area contributed by atoms with Crippen molar-refractivity contribution in [3.63, 3.8) is 0 Å². The number of carbonyl (C=O) groups is 4. The van der Waals surface area contributed by atoms with Gasteiger partial charge in [-0.1, -0.05) is 42.5 Å². The van der Waals surface area contributed by atoms with Crippen molar-refractivity contribution in [3.05, 3.63) is 48.0 Å². The molecule has 0 saturated carbocycles. The Balaban J connectivity index is 1.34. The van der Waals surface area contributed by atoms with Gasteiger partial charge in [0.1, 0.15) is 0 Å². The molecule has 3 rings (SSSR count). The summed E-state index contributed by atoms with van der Waals surface area (Å²) in [5.74, 6) is -2.02. The van der Waals surface area contributed by atoms with E-state index in [1.807, 2.05) is 42.5 Å². The fourth-order valence-corrected chi connectivity index (χ4v) is 3.55. The zero-order valence-electron chi connectivity index (χ0n) is 15.6. The third-order valence-corrected chi connectivity index (χ3v) is 5.08. The van der Waals surface area contributed by atoms with Gasteiger partial charge in [-0.05, 0) is 24.8 Å². The number of imide groups is 1. The van der Waals surface area contributed by atoms with Crippen molar-refractivity contribution in [3.8, 4) is 0 Å². The van der Waals surface area contributed by atoms with Gasteiger partial charge in [0.2, 0.25) is 11.8 Å². The number of rotatable bonds is 8. The number of allylic oxidation sites excluding steroid dienone is 2. The number of carbonyl (C=O) groups excluding carboxylic acids is 4. The molecule has 2 aliphatic rings. The number of hydrogen-bond donors (Lipinski definition) is 1. The van der Waals surface area contributed by atoms with Crippen molar-refractivity contribution in [2.45, 2.75) is 25.7 Å². The molecule has 148 valence electrons. The number of hydrogen-bond acceptors (Lipinski definition) is 5. The lowest BCUT2D eigenvalue weighted by molar-refractivity contribution is -0.149. The van der Waals surface area contributed by atoms with E-state index in [9.17, 15) is 19.2 Å². The summed E-state index contributed by atoms with van der Waals surface area (Å²) in [5.41, 5.74) is 1.11. The first-order valence-corrected chi connectivity index (χ1v) is 9.52. The average molecular weight is 384 g/mol. The van der Waals surface area contributed by atoms with Gasteiger partial charge < -0.3 is 10.1 Å². The predicted molar refractivity (Wildman–Crippen MR) is 101 cm³/mol. The van der Waals surface area contributed by atoms with Gasteiger partial charge in [-0.15, -0.1) is 0 Å². The zero-order valence-corrected chi connectivity index (χ0v) is 15.6. The maximum absolute atomic E-state index is 12.3. The van der Waals surface area contributed by atoms with E-state index in [1.165, 1.54) is 0 Å². The molecule has 1 heterocycles. The maximum Gasteiger partial charge on any atom is 0.308 e. The Morgan fingerprint density at radius 1 is 1.04 bits per heavy atom. The summed E-state index contributed by atoms with van der Waals surface area (Å²) in [4.78, 5) is 49.4. The van der Waals surface area contributed by atoms with Crippen molar-refractivity contribution in [2.24, 2.45) is 11.8 Å². The van der Waals surface area contributed by atoms with E-state index in [0.29, 0.717) is 25.8 Å². The topological polar surface area (TPSA) is 92.8 Å². The molecule has 1 fully saturated rings. The van der Waals surface area contributed by atoms with Crippen molar-refractivity contribution in [2.75, 3.05) is 19.7 Å². The van der Waals surface area contributed by atoms with Crippen LogP contribution >= 0.6 is 0 Å². The number of likely N-dealkylation sites (tertiary alicyclic amines) is 1. The quantitative estimate of drug-likeness (QED) is 0.413. The van der Waals surface area contributed by atoms with Gasteiger partial charge in [0.05, 0.1) is 18.3 Å². The van der Waals surface area contributed by atoms with E-state index < -0.39 is 5.97 Å². The Hall–Kier alpha value is -2.96. The predicted octanol–water partition coefficient (Wildman–Crippen LogP) is 1.23. The van der Waals surface area contributed by atoms with Crippen LogP contribution in [0.5, 0.6) is 0 Å². The summed E-state index contributed by atoms with van der Waals surface area (Å²) in [6.45, 7) is 0.0812. The highest BCUT2D eigenvalue weighted by Crippen LogP contribution is 2.34. The first-order chi connectivity index (χ1) is 13.6. The molecule has 0 unspecified atom stereocenters. The second-order valence-electron chi connectivity index (χ2n) is 6.98. The Morgan fingerprint density at radius 3 is 2.32 bits per heavy atom. The largest absolute Gasteiger partial charge is 0.456 e. The highest BCUT2D eigenvalue weighted by molar-refractivity contribution is 6.05. The van der Waals surface area contributed by atoms with Crippen LogP contribution in [0.2, 0.25) is 0 Å². The van der Waals surface area contributed by atoms with E-state index in [0.717, 1.165) is 10.5 Å². The number of benzene rings is 1. The summed E-state index contributed by atoms with van der Waals surface area (Å²) < 4.78 is 4.94. The first-order valence-electron chi connectivity index (χ1n) is 9.52. The average Bonchev–Trinajstić information content (AvgIpc) is 2.96. The van der Waals surface area contributed by atoms with Gasteiger partial charge in [0.15, 0.2) is 6.61 Å². The molecule has 1 aliphatic heterocycles. The number of amides is 3. The molecule has 0 spiro atoms. The monoisotopic (exact) mass is 384 g/mol. The van der Waals surface area contributed by atoms with Crippen LogP contribution in [0.25, 0.3) is 0 Å². The lowest BCUT2D eigenvalue weighted by atomic mass is 9.85. The third kappa shape index (κ3) is 4.85. The maximum atomic E-state index is 12.3. The van der Waals surface area contributed by atoms with Gasteiger partial charge in [0.25, 0.3) is 5.91 Å². The number of ether oxygens (including phenoxy) is 1. The summed E-state index contributed by atoms with van der Waals surface area (Å²) in [6.07, 6.45) is 5.55. The lowest BCUT2D eigenvalue weighted by Crippen LogP contribution is -2.34. The van der Waals surface area contributed by atoms with Crippen LogP contribution in [0.15, 0.2) is 42.5 Å². The fourth-order valence-electron chi connectivity index (χ4n) is 3.55. The Morgan fingerprint density at radius 2 is 1.68 bits per heavy atom. The smallest absolute Gasteiger partial charge is 0.308 e. The second-order valence-corrected chi connectivity index (χ2v) is 6.98. The zero-order chi connectivity index (χ0) is 19.9. The molecule has 1 aromatic rings. The molecule has 28 heavy (non-hydrogen) atoms. The van der Waals surface area contributed by atoms with Gasteiger partial charge >= 0.3 is 5.97 Å². The number of esters is 1. The Kier molecular flexibility index (Phi) is 6.57. The minimum atomic E-state index is -0.605. The number of fused-ring (bicyclic) bond motifs is 1. The van der Waals surface area contributed by atoms with Gasteiger partial charge in [-0.25, -0.2) is 0 Å². The molecule has 1 aliphatic carbocycles. The molecule has 1 saturated heterocycles. The summed E-state index contributed by atoms with van der Waals surface area (Å²) >= 11 is 0. The van der Waals surface area contributed by atoms with E-state index in [1.54, 1.807) is 0 Å². The molecular weight excluding hydrogens is 360 g/mol. The second kappa shape index (κ2) is 9.30. The molecule has 0 radical (unpaired) electrons. The van der Waals surface area contributed by atoms with Crippen molar-refractivity contribution >= 4 is 23.7 Å². The SMILES string of the molecule is O=C(COC(=O)CCN1C(=O)[C@H]2CC=CC[C@@H]2C1=O)NCCc1ccccc1. The van der Waals surface area contributed by atoms with Crippen molar-refractivity contribution in [1.29, 1.82) is 0 Å². The summed E-state index contributed by atoms with van der Waals surface area (Å²) in [7, 11) is 0. The standard InChI is InChI=1S/C21H24N2O5/c24-18(22-12-10-15-6-2-1-3-7-15)14-28-19(25)11-13-23-20(26)16-8-4-5-9-17(16)21(23)27/h1-7,16-17H,8-14H2,(H,22,24)/t16-,17-/m0/s1. The van der Waals surface area contributed by atoms with E-state index in [-0.39, 0.29) is 49.1 Å². The van der Waals surface area contributed by atoms with Crippen LogP contribution in [0.1, 0.15) is 24.8 Å².